The first-order chi connectivity index (χ1) is 13.8. The van der Waals surface area contributed by atoms with E-state index < -0.39 is 0 Å². The topological polar surface area (TPSA) is 46.9 Å². The summed E-state index contributed by atoms with van der Waals surface area (Å²) in [5, 5.41) is 4.65. The van der Waals surface area contributed by atoms with E-state index in [-0.39, 0.29) is 11.6 Å². The molecule has 3 aliphatic carbocycles. The highest BCUT2D eigenvalue weighted by atomic mass is 32.1. The molecule has 6 rings (SSSR count). The van der Waals surface area contributed by atoms with E-state index in [1.165, 1.54) is 34.4 Å². The SMILES string of the molecule is O=c1c2c3c(sc2ncn1C1Cc2ccccc2C1)CC(NCC1CC1)CC3. The number of hydrogen-bond acceptors (Lipinski definition) is 4. The molecule has 3 aromatic rings. The lowest BCUT2D eigenvalue weighted by atomic mass is 9.93. The van der Waals surface area contributed by atoms with Crippen LogP contribution in [0.5, 0.6) is 0 Å². The summed E-state index contributed by atoms with van der Waals surface area (Å²) in [5.74, 6) is 0.910. The second kappa shape index (κ2) is 6.53. The van der Waals surface area contributed by atoms with Gasteiger partial charge in [0.1, 0.15) is 4.83 Å². The second-order valence-electron chi connectivity index (χ2n) is 8.76. The number of benzene rings is 1. The minimum absolute atomic E-state index is 0.171. The van der Waals surface area contributed by atoms with E-state index in [1.807, 2.05) is 4.57 Å². The molecule has 1 atom stereocenters. The molecule has 4 nitrogen and oxygen atoms in total. The normalized spacial score (nSPS) is 21.8. The molecular weight excluding hydrogens is 366 g/mol. The molecule has 1 fully saturated rings. The van der Waals surface area contributed by atoms with Gasteiger partial charge in [-0.3, -0.25) is 9.36 Å². The fourth-order valence-electron chi connectivity index (χ4n) is 5.00. The van der Waals surface area contributed by atoms with Crippen molar-refractivity contribution in [3.05, 3.63) is 62.5 Å². The Kier molecular flexibility index (Phi) is 3.95. The molecule has 2 aromatic heterocycles. The Hall–Kier alpha value is -1.98. The molecule has 2 heterocycles. The second-order valence-corrected chi connectivity index (χ2v) is 9.85. The van der Waals surface area contributed by atoms with Crippen LogP contribution in [0, 0.1) is 5.92 Å². The van der Waals surface area contributed by atoms with Crippen LogP contribution in [0.1, 0.15) is 46.9 Å². The Bertz CT molecular complexity index is 1090. The summed E-state index contributed by atoms with van der Waals surface area (Å²) >= 11 is 1.74. The van der Waals surface area contributed by atoms with Crippen LogP contribution in [0.4, 0.5) is 0 Å². The molecule has 1 aromatic carbocycles. The van der Waals surface area contributed by atoms with E-state index in [0.717, 1.165) is 54.8 Å². The van der Waals surface area contributed by atoms with Crippen molar-refractivity contribution in [2.45, 2.75) is 57.0 Å². The van der Waals surface area contributed by atoms with Gasteiger partial charge in [0.2, 0.25) is 0 Å². The molecule has 0 saturated heterocycles. The molecule has 0 amide bonds. The molecule has 0 aliphatic heterocycles. The summed E-state index contributed by atoms with van der Waals surface area (Å²) in [6.45, 7) is 1.16. The van der Waals surface area contributed by atoms with Gasteiger partial charge in [-0.1, -0.05) is 24.3 Å². The summed E-state index contributed by atoms with van der Waals surface area (Å²) in [6.07, 6.45) is 9.64. The van der Waals surface area contributed by atoms with Crippen molar-refractivity contribution >= 4 is 21.6 Å². The third-order valence-corrected chi connectivity index (χ3v) is 7.97. The molecule has 28 heavy (non-hydrogen) atoms. The van der Waals surface area contributed by atoms with Gasteiger partial charge in [0.15, 0.2) is 0 Å². The largest absolute Gasteiger partial charge is 0.313 e. The van der Waals surface area contributed by atoms with Gasteiger partial charge < -0.3 is 5.32 Å². The highest BCUT2D eigenvalue weighted by Crippen LogP contribution is 2.35. The van der Waals surface area contributed by atoms with Crippen molar-refractivity contribution in [2.75, 3.05) is 6.54 Å². The van der Waals surface area contributed by atoms with E-state index in [2.05, 4.69) is 29.6 Å². The molecule has 144 valence electrons. The van der Waals surface area contributed by atoms with E-state index in [4.69, 9.17) is 4.98 Å². The van der Waals surface area contributed by atoms with Gasteiger partial charge >= 0.3 is 0 Å². The molecule has 5 heteroatoms. The van der Waals surface area contributed by atoms with Gasteiger partial charge in [-0.25, -0.2) is 4.98 Å². The number of nitrogens with zero attached hydrogens (tertiary/aromatic N) is 2. The predicted molar refractivity (Wildman–Crippen MR) is 113 cm³/mol. The summed E-state index contributed by atoms with van der Waals surface area (Å²) < 4.78 is 1.91. The summed E-state index contributed by atoms with van der Waals surface area (Å²) in [5.41, 5.74) is 4.20. The number of fused-ring (bicyclic) bond motifs is 4. The molecule has 0 bridgehead atoms. The van der Waals surface area contributed by atoms with Crippen LogP contribution in [0.2, 0.25) is 0 Å². The standard InChI is InChI=1S/C23H25N3OS/c27-23-21-19-8-7-17(24-12-14-5-6-14)11-20(19)28-22(21)25-13-26(23)18-9-15-3-1-2-4-16(15)10-18/h1-4,13-14,17-18,24H,5-12H2. The molecule has 3 aliphatic rings. The molecule has 1 N–H and O–H groups in total. The van der Waals surface area contributed by atoms with Gasteiger partial charge in [0.25, 0.3) is 5.56 Å². The van der Waals surface area contributed by atoms with Gasteiger partial charge in [-0.15, -0.1) is 11.3 Å². The zero-order chi connectivity index (χ0) is 18.7. The number of nitrogens with one attached hydrogen (secondary N) is 1. The fourth-order valence-corrected chi connectivity index (χ4v) is 6.26. The van der Waals surface area contributed by atoms with Gasteiger partial charge in [-0.05, 0) is 74.1 Å². The Morgan fingerprint density at radius 2 is 1.89 bits per heavy atom. The predicted octanol–water partition coefficient (Wildman–Crippen LogP) is 3.65. The zero-order valence-corrected chi connectivity index (χ0v) is 16.8. The summed E-state index contributed by atoms with van der Waals surface area (Å²) in [6, 6.07) is 9.32. The average Bonchev–Trinajstić information content (AvgIpc) is 3.31. The van der Waals surface area contributed by atoms with Crippen LogP contribution in [0.3, 0.4) is 0 Å². The smallest absolute Gasteiger partial charge is 0.262 e. The van der Waals surface area contributed by atoms with Crippen molar-refractivity contribution in [1.29, 1.82) is 0 Å². The van der Waals surface area contributed by atoms with Crippen molar-refractivity contribution in [1.82, 2.24) is 14.9 Å². The Labute approximate surface area is 168 Å². The van der Waals surface area contributed by atoms with E-state index >= 15 is 0 Å². The molecular formula is C23H25N3OS. The van der Waals surface area contributed by atoms with Crippen molar-refractivity contribution in [3.8, 4) is 0 Å². The van der Waals surface area contributed by atoms with Crippen LogP contribution in [0.25, 0.3) is 10.2 Å². The lowest BCUT2D eigenvalue weighted by Gasteiger charge is -2.23. The van der Waals surface area contributed by atoms with Gasteiger partial charge in [0, 0.05) is 17.0 Å². The fraction of sp³-hybridized carbons (Fsp3) is 0.478. The Morgan fingerprint density at radius 1 is 1.11 bits per heavy atom. The van der Waals surface area contributed by atoms with Crippen molar-refractivity contribution in [2.24, 2.45) is 5.92 Å². The number of aromatic nitrogens is 2. The van der Waals surface area contributed by atoms with E-state index in [9.17, 15) is 4.79 Å². The van der Waals surface area contributed by atoms with Crippen molar-refractivity contribution in [3.63, 3.8) is 0 Å². The average molecular weight is 392 g/mol. The first kappa shape index (κ1) is 16.9. The van der Waals surface area contributed by atoms with Crippen LogP contribution >= 0.6 is 11.3 Å². The summed E-state index contributed by atoms with van der Waals surface area (Å²) in [4.78, 5) is 20.5. The molecule has 0 spiro atoms. The summed E-state index contributed by atoms with van der Waals surface area (Å²) in [7, 11) is 0. The first-order valence-electron chi connectivity index (χ1n) is 10.6. The zero-order valence-electron chi connectivity index (χ0n) is 16.0. The quantitative estimate of drug-likeness (QED) is 0.738. The maximum Gasteiger partial charge on any atom is 0.262 e. The molecule has 1 unspecified atom stereocenters. The van der Waals surface area contributed by atoms with Crippen LogP contribution < -0.4 is 10.9 Å². The minimum atomic E-state index is 0.171. The lowest BCUT2D eigenvalue weighted by Crippen LogP contribution is -2.35. The third-order valence-electron chi connectivity index (χ3n) is 6.81. The monoisotopic (exact) mass is 391 g/mol. The first-order valence-corrected chi connectivity index (χ1v) is 11.4. The van der Waals surface area contributed by atoms with Crippen LogP contribution in [0.15, 0.2) is 35.4 Å². The van der Waals surface area contributed by atoms with Crippen molar-refractivity contribution < 1.29 is 0 Å². The van der Waals surface area contributed by atoms with E-state index in [1.54, 1.807) is 17.7 Å². The molecule has 0 radical (unpaired) electrons. The number of thiophene rings is 1. The third kappa shape index (κ3) is 2.83. The van der Waals surface area contributed by atoms with Gasteiger partial charge in [-0.2, -0.15) is 0 Å². The molecule has 1 saturated carbocycles. The van der Waals surface area contributed by atoms with Crippen LogP contribution in [-0.2, 0) is 25.7 Å². The Balaban J connectivity index is 1.31. The van der Waals surface area contributed by atoms with E-state index in [0.29, 0.717) is 6.04 Å². The van der Waals surface area contributed by atoms with Gasteiger partial charge in [0.05, 0.1) is 11.7 Å². The maximum absolute atomic E-state index is 13.4. The highest BCUT2D eigenvalue weighted by Gasteiger charge is 2.29. The number of hydrogen-bond donors (Lipinski definition) is 1. The van der Waals surface area contributed by atoms with Crippen LogP contribution in [-0.4, -0.2) is 22.1 Å². The minimum Gasteiger partial charge on any atom is -0.313 e. The lowest BCUT2D eigenvalue weighted by molar-refractivity contribution is 0.453. The Morgan fingerprint density at radius 3 is 2.64 bits per heavy atom. The highest BCUT2D eigenvalue weighted by molar-refractivity contribution is 7.18. The number of rotatable bonds is 4. The number of aryl methyl sites for hydroxylation is 1. The maximum atomic E-state index is 13.4.